The highest BCUT2D eigenvalue weighted by Gasteiger charge is 2.47. The maximum absolute atomic E-state index is 15.7. The molecule has 2 fully saturated rings. The molecule has 15 atom stereocenters. The van der Waals surface area contributed by atoms with Crippen LogP contribution in [0.25, 0.3) is 21.7 Å². The molecular formula is C89H117N23O21S. The number of hydrogen-bond acceptors (Lipinski definition) is 25. The number of nitrogens with zero attached hydrogens (tertiary/aromatic N) is 9. The van der Waals surface area contributed by atoms with Crippen LogP contribution in [0, 0.1) is 0 Å². The number of rotatable bonds is 24. The van der Waals surface area contributed by atoms with Gasteiger partial charge in [-0.1, -0.05) is 119 Å². The summed E-state index contributed by atoms with van der Waals surface area (Å²) in [6.45, 7) is 3.79. The number of aliphatic carboxylic acids is 1. The average molecular weight is 1880 g/mol. The number of nitrogens with one attached hydrogen (secondary N) is 12. The Morgan fingerprint density at radius 2 is 1.21 bits per heavy atom. The summed E-state index contributed by atoms with van der Waals surface area (Å²) in [6.07, 6.45) is 1.61. The molecular weight excluding hydrogens is 1760 g/mol. The second kappa shape index (κ2) is 48.4. The van der Waals surface area contributed by atoms with Gasteiger partial charge in [-0.15, -0.1) is 16.9 Å². The summed E-state index contributed by atoms with van der Waals surface area (Å²) >= 11 is 0.771. The number of amides is 16. The van der Waals surface area contributed by atoms with Crippen LogP contribution in [0.3, 0.4) is 0 Å². The Labute approximate surface area is 774 Å². The largest absolute Gasteiger partial charge is 0.508 e. The number of phenols is 1. The number of unbranched alkanes of at least 4 members (excludes halogenated alkanes) is 3. The van der Waals surface area contributed by atoms with Gasteiger partial charge in [0.1, 0.15) is 84.3 Å². The van der Waals surface area contributed by atoms with E-state index in [1.807, 2.05) is 38.1 Å². The first-order chi connectivity index (χ1) is 64.1. The number of para-hydroxylation sites is 1. The van der Waals surface area contributed by atoms with Crippen LogP contribution in [-0.2, 0) is 107 Å². The first-order valence-corrected chi connectivity index (χ1v) is 45.6. The molecule has 7 aromatic rings. The van der Waals surface area contributed by atoms with Gasteiger partial charge in [0.2, 0.25) is 94.5 Å². The van der Waals surface area contributed by atoms with Gasteiger partial charge in [-0.25, -0.2) is 9.67 Å². The minimum Gasteiger partial charge on any atom is -0.508 e. The van der Waals surface area contributed by atoms with Crippen molar-refractivity contribution in [2.24, 2.45) is 11.5 Å². The lowest BCUT2D eigenvalue weighted by atomic mass is 9.97. The molecule has 3 aromatic heterocycles. The Morgan fingerprint density at radius 3 is 1.90 bits per heavy atom. The number of hydrogen-bond donors (Lipinski definition) is 18. The van der Waals surface area contributed by atoms with E-state index in [4.69, 9.17) is 11.5 Å². The fraction of sp³-hybridized carbons (Fsp3) is 0.494. The number of aliphatic hydroxyl groups excluding tert-OH is 2. The van der Waals surface area contributed by atoms with Gasteiger partial charge in [0.05, 0.1) is 43.8 Å². The number of aromatic nitrogens is 7. The van der Waals surface area contributed by atoms with Gasteiger partial charge in [0.25, 0.3) is 0 Å². The Bertz CT molecular complexity index is 5380. The zero-order chi connectivity index (χ0) is 97.1. The summed E-state index contributed by atoms with van der Waals surface area (Å²) in [6, 6.07) is 3.11. The number of tetrazole rings is 1. The lowest BCUT2D eigenvalue weighted by molar-refractivity contribution is -0.147. The maximum atomic E-state index is 15.7. The van der Waals surface area contributed by atoms with E-state index in [1.54, 1.807) is 48.7 Å². The monoisotopic (exact) mass is 1880 g/mol. The van der Waals surface area contributed by atoms with E-state index < -0.39 is 254 Å². The molecule has 0 spiro atoms. The predicted molar refractivity (Wildman–Crippen MR) is 483 cm³/mol. The highest BCUT2D eigenvalue weighted by Crippen LogP contribution is 2.31. The minimum absolute atomic E-state index is 0.0396. The van der Waals surface area contributed by atoms with Gasteiger partial charge in [-0.05, 0) is 102 Å². The lowest BCUT2D eigenvalue weighted by Crippen LogP contribution is -2.60. The van der Waals surface area contributed by atoms with E-state index in [0.29, 0.717) is 59.7 Å². The highest BCUT2D eigenvalue weighted by molar-refractivity contribution is 8.00. The zero-order valence-electron chi connectivity index (χ0n) is 75.1. The summed E-state index contributed by atoms with van der Waals surface area (Å²) in [5, 5.41) is 84.3. The van der Waals surface area contributed by atoms with Crippen molar-refractivity contribution in [1.82, 2.24) is 108 Å². The Hall–Kier alpha value is -14.0. The van der Waals surface area contributed by atoms with Crippen molar-refractivity contribution >= 4 is 134 Å². The standard InChI is InChI=1S/C89H117N23O21S/c1-7-9-11-25-68-83(127)96-48(3)77(121)104-67(79(123)94-42-73(91)117)45-134-46-74(118)97-64(34-50-27-29-55(114)30-28-50)86(130)108(5)49(4)78(122)102-65(39-75(119)120)88(132)110-33-17-26-69(110)84(128)101-63(37-54-41-92-47-95-54)81(125)98-60(31-32-72(90)116)87(131)111-43-56(115)38-71(111)85(129)100-62(36-53-40-93-59-23-15-14-22-58(53)59)80(124)103-66(44-113)82(126)99-61(35-52-20-16-19-51-18-12-13-21-57(51)52)76-105-106-107-112(76)70(24-10-8-2)89(133)109(68)6/h12-16,18-23,27-30,40-41,47-49,56,60-71,93,113-115H,7-11,17,24-26,31-39,42-46H2,1-6H3,(H2,90,116)(H2,91,117)(H,92,95)(H,94,123)(H,96,127)(H,97,118)(H,98,125)(H,99,126)(H,100,129)(H,101,128)(H,102,122)(H,103,124)(H,104,121)(H,119,120)/t48-,49-,56+,60-,61-,62-,63-,64-,65-,66-,67-,68-,69-,70-,71-/m0/s1. The molecule has 0 aliphatic carbocycles. The topological polar surface area (TPSA) is 644 Å². The second-order valence-corrected chi connectivity index (χ2v) is 34.7. The number of phenolic OH excluding ortho intramolecular Hbond substituents is 1. The molecule has 6 heterocycles. The molecule has 3 aliphatic rings. The first-order valence-electron chi connectivity index (χ1n) is 44.4. The van der Waals surface area contributed by atoms with Crippen molar-refractivity contribution in [1.29, 1.82) is 0 Å². The average Bonchev–Trinajstić information content (AvgIpc) is 1.60. The summed E-state index contributed by atoms with van der Waals surface area (Å²) < 4.78 is 1.23. The number of imidazole rings is 1. The number of primary amides is 2. The second-order valence-electron chi connectivity index (χ2n) is 33.6. The Kier molecular flexibility index (Phi) is 36.9. The number of fused-ring (bicyclic) bond motifs is 5. The minimum atomic E-state index is -1.93. The predicted octanol–water partition coefficient (Wildman–Crippen LogP) is -2.22. The lowest BCUT2D eigenvalue weighted by Gasteiger charge is -2.32. The number of benzene rings is 4. The SMILES string of the molecule is CCCCC[C@H]1C(=O)N[C@@H](C)C(=O)N[C@H](C(=O)NCC(N)=O)CSCC(=O)N[C@@H](Cc2ccc(O)cc2)C(=O)N(C)[C@@H](C)C(=O)N[C@@H](CC(=O)O)C(=O)N2CCC[C@H]2C(=O)N[C@@H](Cc2cnc[nH]2)C(=O)N[C@@H](CCC(N)=O)C(=O)N2C[C@H](O)C[C@H]2C(=O)N[C@@H](Cc2c[nH]c3ccccc23)C(=O)N[C@@H](CO)C(=O)N[C@@H](Cc2cccc3ccccc23)c2nnnn2[C@@H](CCCC)C(=O)N1C. The molecule has 0 bridgehead atoms. The number of likely N-dealkylation sites (N-methyl/N-ethyl adjacent to an activating group) is 2. The molecule has 0 saturated carbocycles. The fourth-order valence-corrected chi connectivity index (χ4v) is 17.3. The van der Waals surface area contributed by atoms with E-state index in [1.165, 1.54) is 74.3 Å². The van der Waals surface area contributed by atoms with Crippen molar-refractivity contribution in [3.63, 3.8) is 0 Å². The van der Waals surface area contributed by atoms with Crippen LogP contribution < -0.4 is 64.6 Å². The van der Waals surface area contributed by atoms with E-state index in [2.05, 4.69) is 83.6 Å². The molecule has 45 heteroatoms. The third-order valence-corrected chi connectivity index (χ3v) is 24.9. The number of carbonyl (C=O) groups is 17. The van der Waals surface area contributed by atoms with Crippen molar-refractivity contribution < 1.29 is 102 Å². The molecule has 0 radical (unpaired) electrons. The number of carboxylic acid groups (broad SMARTS) is 1. The van der Waals surface area contributed by atoms with Crippen LogP contribution in [0.1, 0.15) is 151 Å². The molecule has 0 unspecified atom stereocenters. The molecule has 720 valence electrons. The molecule has 4 aromatic carbocycles. The van der Waals surface area contributed by atoms with Crippen LogP contribution in [0.5, 0.6) is 5.75 Å². The van der Waals surface area contributed by atoms with Crippen LogP contribution >= 0.6 is 11.8 Å². The summed E-state index contributed by atoms with van der Waals surface area (Å²) in [4.78, 5) is 260. The van der Waals surface area contributed by atoms with Gasteiger partial charge in [-0.3, -0.25) is 81.5 Å². The molecule has 2 saturated heterocycles. The molecule has 134 heavy (non-hydrogen) atoms. The molecule has 16 amide bonds. The van der Waals surface area contributed by atoms with E-state index in [0.717, 1.165) is 37.2 Å². The van der Waals surface area contributed by atoms with Crippen LogP contribution in [0.4, 0.5) is 0 Å². The molecule has 44 nitrogen and oxygen atoms in total. The summed E-state index contributed by atoms with van der Waals surface area (Å²) in [5.74, 6) is -18.3. The van der Waals surface area contributed by atoms with E-state index >= 15 is 28.8 Å². The van der Waals surface area contributed by atoms with Crippen molar-refractivity contribution in [3.8, 4) is 5.75 Å². The van der Waals surface area contributed by atoms with Crippen LogP contribution in [0.15, 0.2) is 110 Å². The number of carboxylic acids is 1. The van der Waals surface area contributed by atoms with Gasteiger partial charge in [-0.2, -0.15) is 0 Å². The fourth-order valence-electron chi connectivity index (χ4n) is 16.4. The Morgan fingerprint density at radius 1 is 0.575 bits per heavy atom. The first kappa shape index (κ1) is 102. The molecule has 10 rings (SSSR count). The van der Waals surface area contributed by atoms with Gasteiger partial charge in [0, 0.05) is 100 Å². The van der Waals surface area contributed by atoms with E-state index in [-0.39, 0.29) is 68.8 Å². The smallest absolute Gasteiger partial charge is 0.305 e. The van der Waals surface area contributed by atoms with E-state index in [9.17, 15) is 73.2 Å². The van der Waals surface area contributed by atoms with Crippen molar-refractivity contribution in [3.05, 3.63) is 138 Å². The highest BCUT2D eigenvalue weighted by atomic mass is 32.2. The van der Waals surface area contributed by atoms with Crippen LogP contribution in [-0.4, -0.2) is 306 Å². The number of H-pyrrole nitrogens is 2. The number of aromatic amines is 2. The quantitative estimate of drug-likeness (QED) is 0.0285. The third-order valence-electron chi connectivity index (χ3n) is 23.9. The maximum Gasteiger partial charge on any atom is 0.305 e. The summed E-state index contributed by atoms with van der Waals surface area (Å²) in [5.41, 5.74) is 13.4. The number of aromatic hydroxyl groups is 1. The van der Waals surface area contributed by atoms with Crippen LogP contribution in [0.2, 0.25) is 0 Å². The number of aliphatic hydroxyl groups is 2. The van der Waals surface area contributed by atoms with Crippen molar-refractivity contribution in [2.75, 3.05) is 51.8 Å². The molecule has 20 N–H and O–H groups in total. The summed E-state index contributed by atoms with van der Waals surface area (Å²) in [7, 11) is 2.57. The normalized spacial score (nSPS) is 24.6. The number of thioether (sulfide) groups is 1. The zero-order valence-corrected chi connectivity index (χ0v) is 75.9. The molecule has 3 aliphatic heterocycles. The number of nitrogens with two attached hydrogens (primary N) is 2. The Balaban J connectivity index is 1.02. The van der Waals surface area contributed by atoms with Gasteiger partial charge < -0.3 is 115 Å². The van der Waals surface area contributed by atoms with Gasteiger partial charge in [0.15, 0.2) is 5.82 Å². The number of carbonyl (C=O) groups excluding carboxylic acids is 16. The van der Waals surface area contributed by atoms with Crippen molar-refractivity contribution in [2.45, 2.75) is 228 Å². The third kappa shape index (κ3) is 27.4. The van der Waals surface area contributed by atoms with Gasteiger partial charge >= 0.3 is 5.97 Å².